The van der Waals surface area contributed by atoms with Crippen molar-refractivity contribution in [1.29, 1.82) is 0 Å². The Balaban J connectivity index is 1.89. The fourth-order valence-corrected chi connectivity index (χ4v) is 3.74. The first-order chi connectivity index (χ1) is 12.8. The van der Waals surface area contributed by atoms with Crippen LogP contribution in [0.2, 0.25) is 0 Å². The van der Waals surface area contributed by atoms with Crippen molar-refractivity contribution in [3.05, 3.63) is 66.7 Å². The highest BCUT2D eigenvalue weighted by Crippen LogP contribution is 2.37. The van der Waals surface area contributed by atoms with Gasteiger partial charge in [0.05, 0.1) is 11.2 Å². The molecule has 0 saturated carbocycles. The summed E-state index contributed by atoms with van der Waals surface area (Å²) in [6.07, 6.45) is 3.80. The van der Waals surface area contributed by atoms with E-state index in [1.807, 2.05) is 12.2 Å². The minimum Gasteiger partial charge on any atom is -0.399 e. The lowest BCUT2D eigenvalue weighted by atomic mass is 9.78. The molecule has 3 heteroatoms. The van der Waals surface area contributed by atoms with Gasteiger partial charge in [-0.25, -0.2) is 0 Å². The lowest BCUT2D eigenvalue weighted by molar-refractivity contribution is 0.00578. The van der Waals surface area contributed by atoms with E-state index in [0.717, 1.165) is 16.6 Å². The first kappa shape index (κ1) is 18.0. The maximum Gasteiger partial charge on any atom is 0.494 e. The van der Waals surface area contributed by atoms with Crippen LogP contribution in [0.15, 0.2) is 55.6 Å². The lowest BCUT2D eigenvalue weighted by Gasteiger charge is -2.32. The predicted octanol–water partition coefficient (Wildman–Crippen LogP) is 5.58. The van der Waals surface area contributed by atoms with Crippen LogP contribution in [0.25, 0.3) is 33.7 Å². The van der Waals surface area contributed by atoms with Gasteiger partial charge in [-0.3, -0.25) is 0 Å². The van der Waals surface area contributed by atoms with Crippen LogP contribution >= 0.6 is 0 Å². The van der Waals surface area contributed by atoms with E-state index in [-0.39, 0.29) is 18.3 Å². The fraction of sp³-hybridized carbons (Fsp3) is 0.250. The largest absolute Gasteiger partial charge is 0.494 e. The zero-order valence-corrected chi connectivity index (χ0v) is 16.5. The number of rotatable bonds is 3. The summed E-state index contributed by atoms with van der Waals surface area (Å²) in [6.45, 7) is 16.3. The summed E-state index contributed by atoms with van der Waals surface area (Å²) in [4.78, 5) is 0. The van der Waals surface area contributed by atoms with Crippen molar-refractivity contribution in [2.75, 3.05) is 0 Å². The van der Waals surface area contributed by atoms with Crippen LogP contribution in [-0.2, 0) is 9.31 Å². The fourth-order valence-electron chi connectivity index (χ4n) is 3.74. The Bertz CT molecular complexity index is 1060. The average Bonchev–Trinajstić information content (AvgIpc) is 2.87. The molecule has 0 aromatic heterocycles. The zero-order valence-electron chi connectivity index (χ0n) is 16.5. The second-order valence-electron chi connectivity index (χ2n) is 8.21. The lowest BCUT2D eigenvalue weighted by Crippen LogP contribution is -2.41. The summed E-state index contributed by atoms with van der Waals surface area (Å²) in [6, 6.07) is 15.0. The number of hydrogen-bond donors (Lipinski definition) is 0. The third-order valence-electron chi connectivity index (χ3n) is 6.05. The van der Waals surface area contributed by atoms with Crippen molar-refractivity contribution in [3.63, 3.8) is 0 Å². The molecule has 0 unspecified atom stereocenters. The average molecular weight is 356 g/mol. The van der Waals surface area contributed by atoms with Gasteiger partial charge in [0.25, 0.3) is 0 Å². The standard InChI is InChI=1S/C24H25BO2/c1-7-16-9-10-17-11-12-18-15-19(13-14-21(18)22(17)20(16)8-2)25-26-23(3,4)24(5,6)27-25/h7-15H,1-2H2,3-6H3. The molecule has 1 heterocycles. The third-order valence-corrected chi connectivity index (χ3v) is 6.05. The van der Waals surface area contributed by atoms with E-state index < -0.39 is 0 Å². The molecular formula is C24H25BO2. The molecular weight excluding hydrogens is 331 g/mol. The third kappa shape index (κ3) is 2.73. The molecule has 1 saturated heterocycles. The SMILES string of the molecule is C=Cc1ccc2ccc3cc(B4OC(C)(C)C(C)(C)O4)ccc3c2c1C=C. The van der Waals surface area contributed by atoms with Crippen LogP contribution in [-0.4, -0.2) is 18.3 Å². The van der Waals surface area contributed by atoms with Gasteiger partial charge >= 0.3 is 7.12 Å². The van der Waals surface area contributed by atoms with Gasteiger partial charge in [0.1, 0.15) is 0 Å². The molecule has 27 heavy (non-hydrogen) atoms. The molecule has 0 spiro atoms. The highest BCUT2D eigenvalue weighted by molar-refractivity contribution is 6.62. The first-order valence-corrected chi connectivity index (χ1v) is 9.37. The number of hydrogen-bond acceptors (Lipinski definition) is 2. The van der Waals surface area contributed by atoms with Gasteiger partial charge in [-0.2, -0.15) is 0 Å². The van der Waals surface area contributed by atoms with E-state index >= 15 is 0 Å². The molecule has 0 aliphatic carbocycles. The van der Waals surface area contributed by atoms with Crippen molar-refractivity contribution < 1.29 is 9.31 Å². The van der Waals surface area contributed by atoms with Gasteiger partial charge < -0.3 is 9.31 Å². The van der Waals surface area contributed by atoms with E-state index in [2.05, 4.69) is 83.3 Å². The Kier molecular flexibility index (Phi) is 4.06. The Morgan fingerprint density at radius 3 is 2.07 bits per heavy atom. The van der Waals surface area contributed by atoms with E-state index in [4.69, 9.17) is 9.31 Å². The second-order valence-corrected chi connectivity index (χ2v) is 8.21. The smallest absolute Gasteiger partial charge is 0.399 e. The van der Waals surface area contributed by atoms with Crippen LogP contribution in [0.3, 0.4) is 0 Å². The van der Waals surface area contributed by atoms with Gasteiger partial charge in [-0.15, -0.1) is 0 Å². The Labute approximate surface area is 161 Å². The van der Waals surface area contributed by atoms with Gasteiger partial charge in [0.2, 0.25) is 0 Å². The van der Waals surface area contributed by atoms with Crippen molar-refractivity contribution in [2.45, 2.75) is 38.9 Å². The van der Waals surface area contributed by atoms with E-state index in [1.54, 1.807) is 0 Å². The maximum absolute atomic E-state index is 6.22. The van der Waals surface area contributed by atoms with E-state index in [1.165, 1.54) is 21.5 Å². The monoisotopic (exact) mass is 356 g/mol. The van der Waals surface area contributed by atoms with Crippen LogP contribution < -0.4 is 5.46 Å². The van der Waals surface area contributed by atoms with Crippen molar-refractivity contribution in [1.82, 2.24) is 0 Å². The minimum absolute atomic E-state index is 0.342. The molecule has 1 fully saturated rings. The Hall–Kier alpha value is -2.36. The Morgan fingerprint density at radius 1 is 0.815 bits per heavy atom. The zero-order chi connectivity index (χ0) is 19.4. The molecule has 0 radical (unpaired) electrons. The minimum atomic E-state index is -0.353. The van der Waals surface area contributed by atoms with Crippen LogP contribution in [0.4, 0.5) is 0 Å². The second kappa shape index (κ2) is 6.08. The van der Waals surface area contributed by atoms with Crippen LogP contribution in [0.5, 0.6) is 0 Å². The summed E-state index contributed by atoms with van der Waals surface area (Å²) >= 11 is 0. The molecule has 0 amide bonds. The first-order valence-electron chi connectivity index (χ1n) is 9.37. The van der Waals surface area contributed by atoms with Gasteiger partial charge in [-0.1, -0.05) is 67.8 Å². The molecule has 4 rings (SSSR count). The van der Waals surface area contributed by atoms with Crippen molar-refractivity contribution in [3.8, 4) is 0 Å². The molecule has 0 bridgehead atoms. The summed E-state index contributed by atoms with van der Waals surface area (Å²) in [5.41, 5.74) is 2.58. The van der Waals surface area contributed by atoms with Gasteiger partial charge in [0, 0.05) is 0 Å². The van der Waals surface area contributed by atoms with Crippen molar-refractivity contribution in [2.24, 2.45) is 0 Å². The molecule has 1 aliphatic heterocycles. The topological polar surface area (TPSA) is 18.5 Å². The number of benzene rings is 3. The summed E-state index contributed by atoms with van der Waals surface area (Å²) < 4.78 is 12.4. The van der Waals surface area contributed by atoms with Crippen molar-refractivity contribution >= 4 is 46.3 Å². The van der Waals surface area contributed by atoms with Crippen LogP contribution in [0.1, 0.15) is 38.8 Å². The maximum atomic E-state index is 6.22. The molecule has 0 N–H and O–H groups in total. The molecule has 3 aromatic carbocycles. The quantitative estimate of drug-likeness (QED) is 0.451. The summed E-state index contributed by atoms with van der Waals surface area (Å²) in [7, 11) is -0.353. The highest BCUT2D eigenvalue weighted by Gasteiger charge is 2.51. The van der Waals surface area contributed by atoms with Gasteiger partial charge in [0.15, 0.2) is 0 Å². The molecule has 0 atom stereocenters. The Morgan fingerprint density at radius 2 is 1.44 bits per heavy atom. The summed E-state index contributed by atoms with van der Waals surface area (Å²) in [5.74, 6) is 0. The predicted molar refractivity (Wildman–Crippen MR) is 117 cm³/mol. The number of fused-ring (bicyclic) bond motifs is 3. The molecule has 3 aromatic rings. The molecule has 136 valence electrons. The van der Waals surface area contributed by atoms with E-state index in [0.29, 0.717) is 0 Å². The van der Waals surface area contributed by atoms with E-state index in [9.17, 15) is 0 Å². The normalized spacial score (nSPS) is 18.1. The summed E-state index contributed by atoms with van der Waals surface area (Å²) in [5, 5.41) is 4.78. The molecule has 2 nitrogen and oxygen atoms in total. The highest BCUT2D eigenvalue weighted by atomic mass is 16.7. The van der Waals surface area contributed by atoms with Crippen LogP contribution in [0, 0.1) is 0 Å². The molecule has 1 aliphatic rings. The van der Waals surface area contributed by atoms with Gasteiger partial charge in [-0.05, 0) is 65.8 Å².